The molecule has 120 valence electrons. The number of nitrogens with one attached hydrogen (secondary N) is 1. The molecule has 4 nitrogen and oxygen atoms in total. The Hall–Kier alpha value is -3.53. The SMILES string of the molecule is C=Nc1ccc(-c2cnc3[nH]ccc3c2)cc1C(=C)c1ccncc1. The number of hydrogen-bond acceptors (Lipinski definition) is 3. The molecule has 0 saturated heterocycles. The molecule has 0 atom stereocenters. The van der Waals surface area contributed by atoms with Crippen LogP contribution in [0.3, 0.4) is 0 Å². The van der Waals surface area contributed by atoms with E-state index >= 15 is 0 Å². The average Bonchev–Trinajstić information content (AvgIpc) is 3.15. The first-order valence-electron chi connectivity index (χ1n) is 7.90. The highest BCUT2D eigenvalue weighted by molar-refractivity contribution is 5.88. The summed E-state index contributed by atoms with van der Waals surface area (Å²) in [5.41, 5.74) is 6.65. The van der Waals surface area contributed by atoms with Gasteiger partial charge in [0.15, 0.2) is 0 Å². The van der Waals surface area contributed by atoms with Crippen LogP contribution in [0.2, 0.25) is 0 Å². The minimum absolute atomic E-state index is 0.807. The summed E-state index contributed by atoms with van der Waals surface area (Å²) in [5, 5.41) is 1.08. The molecule has 0 aliphatic rings. The number of aromatic nitrogens is 3. The van der Waals surface area contributed by atoms with Crippen LogP contribution in [0.5, 0.6) is 0 Å². The van der Waals surface area contributed by atoms with Crippen molar-refractivity contribution in [2.75, 3.05) is 0 Å². The third-order valence-electron chi connectivity index (χ3n) is 4.25. The molecular weight excluding hydrogens is 308 g/mol. The standard InChI is InChI=1S/C21H16N4/c1-14(15-5-8-23-9-6-15)19-12-16(3-4-20(19)22-2)18-11-17-7-10-24-21(17)25-13-18/h3-13H,1-2H2,(H,24,25). The van der Waals surface area contributed by atoms with Gasteiger partial charge in [0.1, 0.15) is 5.65 Å². The van der Waals surface area contributed by atoms with Crippen molar-refractivity contribution in [3.05, 3.63) is 85.0 Å². The van der Waals surface area contributed by atoms with Crippen molar-refractivity contribution in [1.29, 1.82) is 0 Å². The van der Waals surface area contributed by atoms with Gasteiger partial charge in [-0.05, 0) is 59.8 Å². The van der Waals surface area contributed by atoms with Crippen LogP contribution in [0.15, 0.2) is 78.8 Å². The van der Waals surface area contributed by atoms with E-state index in [1.54, 1.807) is 12.4 Å². The summed E-state index contributed by atoms with van der Waals surface area (Å²) in [5.74, 6) is 0. The van der Waals surface area contributed by atoms with Gasteiger partial charge in [0, 0.05) is 41.3 Å². The smallest absolute Gasteiger partial charge is 0.137 e. The maximum Gasteiger partial charge on any atom is 0.137 e. The number of rotatable bonds is 4. The number of aliphatic imine (C=N–C) groups is 1. The Kier molecular flexibility index (Phi) is 3.71. The molecule has 0 aliphatic carbocycles. The number of benzene rings is 1. The van der Waals surface area contributed by atoms with Crippen molar-refractivity contribution in [3.63, 3.8) is 0 Å². The lowest BCUT2D eigenvalue weighted by atomic mass is 9.95. The molecule has 3 heterocycles. The van der Waals surface area contributed by atoms with Gasteiger partial charge < -0.3 is 4.98 Å². The largest absolute Gasteiger partial charge is 0.346 e. The van der Waals surface area contributed by atoms with E-state index in [0.717, 1.165) is 44.5 Å². The minimum atomic E-state index is 0.807. The van der Waals surface area contributed by atoms with Crippen LogP contribution in [0.1, 0.15) is 11.1 Å². The van der Waals surface area contributed by atoms with E-state index in [1.807, 2.05) is 42.7 Å². The summed E-state index contributed by atoms with van der Waals surface area (Å²) in [6, 6.07) is 14.1. The van der Waals surface area contributed by atoms with Gasteiger partial charge >= 0.3 is 0 Å². The molecule has 0 aliphatic heterocycles. The third-order valence-corrected chi connectivity index (χ3v) is 4.25. The van der Waals surface area contributed by atoms with Gasteiger partial charge in [-0.25, -0.2) is 4.98 Å². The average molecular weight is 324 g/mol. The summed E-state index contributed by atoms with van der Waals surface area (Å²) >= 11 is 0. The van der Waals surface area contributed by atoms with Crippen LogP contribution in [-0.4, -0.2) is 21.7 Å². The lowest BCUT2D eigenvalue weighted by molar-refractivity contribution is 1.31. The Labute approximate surface area is 145 Å². The predicted octanol–water partition coefficient (Wildman–Crippen LogP) is 5.02. The molecule has 4 heteroatoms. The van der Waals surface area contributed by atoms with Crippen LogP contribution >= 0.6 is 0 Å². The molecular formula is C21H16N4. The summed E-state index contributed by atoms with van der Waals surface area (Å²) < 4.78 is 0. The van der Waals surface area contributed by atoms with Crippen LogP contribution < -0.4 is 0 Å². The molecule has 4 aromatic rings. The van der Waals surface area contributed by atoms with Crippen molar-refractivity contribution in [2.24, 2.45) is 4.99 Å². The highest BCUT2D eigenvalue weighted by Gasteiger charge is 2.10. The number of nitrogens with zero attached hydrogens (tertiary/aromatic N) is 3. The first kappa shape index (κ1) is 15.0. The maximum absolute atomic E-state index is 4.47. The maximum atomic E-state index is 4.47. The number of fused-ring (bicyclic) bond motifs is 1. The Morgan fingerprint density at radius 2 is 1.84 bits per heavy atom. The van der Waals surface area contributed by atoms with Crippen molar-refractivity contribution in [1.82, 2.24) is 15.0 Å². The Morgan fingerprint density at radius 1 is 1.00 bits per heavy atom. The second-order valence-corrected chi connectivity index (χ2v) is 5.74. The molecule has 1 N–H and O–H groups in total. The van der Waals surface area contributed by atoms with Crippen molar-refractivity contribution in [3.8, 4) is 11.1 Å². The Balaban J connectivity index is 1.83. The Bertz CT molecular complexity index is 1080. The molecule has 0 radical (unpaired) electrons. The zero-order valence-electron chi connectivity index (χ0n) is 13.6. The number of pyridine rings is 2. The quantitative estimate of drug-likeness (QED) is 0.536. The number of hydrogen-bond donors (Lipinski definition) is 1. The zero-order valence-corrected chi connectivity index (χ0v) is 13.6. The minimum Gasteiger partial charge on any atom is -0.346 e. The van der Waals surface area contributed by atoms with Crippen molar-refractivity contribution >= 4 is 29.0 Å². The lowest BCUT2D eigenvalue weighted by Crippen LogP contribution is -1.90. The molecule has 4 rings (SSSR count). The van der Waals surface area contributed by atoms with Crippen LogP contribution in [-0.2, 0) is 0 Å². The van der Waals surface area contributed by atoms with Gasteiger partial charge in [-0.1, -0.05) is 12.6 Å². The molecule has 25 heavy (non-hydrogen) atoms. The molecule has 0 unspecified atom stereocenters. The molecule has 3 aromatic heterocycles. The van der Waals surface area contributed by atoms with Crippen LogP contribution in [0.4, 0.5) is 5.69 Å². The summed E-state index contributed by atoms with van der Waals surface area (Å²) in [4.78, 5) is 15.8. The van der Waals surface area contributed by atoms with E-state index in [9.17, 15) is 0 Å². The van der Waals surface area contributed by atoms with E-state index < -0.39 is 0 Å². The van der Waals surface area contributed by atoms with Gasteiger partial charge in [-0.15, -0.1) is 0 Å². The molecule has 0 fully saturated rings. The fourth-order valence-electron chi connectivity index (χ4n) is 2.90. The normalized spacial score (nSPS) is 10.7. The zero-order chi connectivity index (χ0) is 17.2. The molecule has 1 aromatic carbocycles. The number of H-pyrrole nitrogens is 1. The molecule has 0 spiro atoms. The van der Waals surface area contributed by atoms with E-state index in [0.29, 0.717) is 0 Å². The molecule has 0 saturated carbocycles. The van der Waals surface area contributed by atoms with Gasteiger partial charge in [0.25, 0.3) is 0 Å². The first-order valence-corrected chi connectivity index (χ1v) is 7.90. The second kappa shape index (κ2) is 6.17. The predicted molar refractivity (Wildman–Crippen MR) is 103 cm³/mol. The fraction of sp³-hybridized carbons (Fsp3) is 0. The molecule has 0 bridgehead atoms. The highest BCUT2D eigenvalue weighted by atomic mass is 14.8. The first-order chi connectivity index (χ1) is 12.3. The van der Waals surface area contributed by atoms with Crippen molar-refractivity contribution < 1.29 is 0 Å². The van der Waals surface area contributed by atoms with Crippen molar-refractivity contribution in [2.45, 2.75) is 0 Å². The Morgan fingerprint density at radius 3 is 2.64 bits per heavy atom. The van der Waals surface area contributed by atoms with Crippen LogP contribution in [0.25, 0.3) is 27.7 Å². The summed E-state index contributed by atoms with van der Waals surface area (Å²) in [6.45, 7) is 7.93. The van der Waals surface area contributed by atoms with Gasteiger partial charge in [0.05, 0.1) is 5.69 Å². The second-order valence-electron chi connectivity index (χ2n) is 5.74. The van der Waals surface area contributed by atoms with Gasteiger partial charge in [-0.2, -0.15) is 0 Å². The number of aromatic amines is 1. The van der Waals surface area contributed by atoms with Crippen LogP contribution in [0, 0.1) is 0 Å². The monoisotopic (exact) mass is 324 g/mol. The van der Waals surface area contributed by atoms with Gasteiger partial charge in [-0.3, -0.25) is 9.98 Å². The topological polar surface area (TPSA) is 53.9 Å². The van der Waals surface area contributed by atoms with E-state index in [-0.39, 0.29) is 0 Å². The van der Waals surface area contributed by atoms with E-state index in [4.69, 9.17) is 0 Å². The summed E-state index contributed by atoms with van der Waals surface area (Å²) in [6.07, 6.45) is 7.28. The fourth-order valence-corrected chi connectivity index (χ4v) is 2.90. The van der Waals surface area contributed by atoms with Gasteiger partial charge in [0.2, 0.25) is 0 Å². The highest BCUT2D eigenvalue weighted by Crippen LogP contribution is 2.34. The molecule has 0 amide bonds. The van der Waals surface area contributed by atoms with E-state index in [2.05, 4.69) is 45.4 Å². The summed E-state index contributed by atoms with van der Waals surface area (Å²) in [7, 11) is 0. The van der Waals surface area contributed by atoms with E-state index in [1.165, 1.54) is 0 Å². The third kappa shape index (κ3) is 2.74. The lowest BCUT2D eigenvalue weighted by Gasteiger charge is -2.12.